The highest BCUT2D eigenvalue weighted by atomic mass is 16.2. The zero-order valence-electron chi connectivity index (χ0n) is 17.7. The topological polar surface area (TPSA) is 80.1 Å². The van der Waals surface area contributed by atoms with Crippen LogP contribution in [0.5, 0.6) is 0 Å². The highest BCUT2D eigenvalue weighted by Gasteiger charge is 2.21. The van der Waals surface area contributed by atoms with E-state index in [-0.39, 0.29) is 18.4 Å². The fourth-order valence-electron chi connectivity index (χ4n) is 4.06. The lowest BCUT2D eigenvalue weighted by Gasteiger charge is -2.18. The second-order valence-corrected chi connectivity index (χ2v) is 8.20. The van der Waals surface area contributed by atoms with Crippen molar-refractivity contribution in [2.24, 2.45) is 0 Å². The van der Waals surface area contributed by atoms with E-state index in [1.165, 1.54) is 17.7 Å². The average molecular weight is 406 g/mol. The van der Waals surface area contributed by atoms with E-state index in [9.17, 15) is 9.59 Å². The maximum Gasteiger partial charge on any atom is 0.254 e. The maximum absolute atomic E-state index is 12.9. The number of aryl methyl sites for hydroxylation is 2. The number of anilines is 1. The van der Waals surface area contributed by atoms with E-state index >= 15 is 0 Å². The van der Waals surface area contributed by atoms with Gasteiger partial charge in [-0.25, -0.2) is 4.68 Å². The Morgan fingerprint density at radius 3 is 2.67 bits per heavy atom. The molecule has 3 aromatic rings. The zero-order chi connectivity index (χ0) is 21.3. The predicted octanol–water partition coefficient (Wildman–Crippen LogP) is 3.87. The van der Waals surface area contributed by atoms with Gasteiger partial charge in [0.2, 0.25) is 5.91 Å². The average Bonchev–Trinajstić information content (AvgIpc) is 3.38. The smallest absolute Gasteiger partial charge is 0.254 e. The minimum atomic E-state index is -0.229. The van der Waals surface area contributed by atoms with Crippen LogP contribution in [0.15, 0.2) is 36.4 Å². The number of carbonyl (C=O) groups excluding carboxylic acids is 2. The molecule has 30 heavy (non-hydrogen) atoms. The van der Waals surface area contributed by atoms with Gasteiger partial charge in [-0.15, -0.1) is 5.10 Å². The number of amides is 2. The van der Waals surface area contributed by atoms with Crippen molar-refractivity contribution in [2.45, 2.75) is 45.6 Å². The summed E-state index contributed by atoms with van der Waals surface area (Å²) in [6.07, 6.45) is 4.68. The third-order valence-electron chi connectivity index (χ3n) is 5.78. The molecule has 0 atom stereocenters. The van der Waals surface area contributed by atoms with Gasteiger partial charge >= 0.3 is 0 Å². The van der Waals surface area contributed by atoms with Crippen molar-refractivity contribution in [1.82, 2.24) is 19.9 Å². The molecule has 1 N–H and O–H groups in total. The Morgan fingerprint density at radius 2 is 1.90 bits per heavy atom. The summed E-state index contributed by atoms with van der Waals surface area (Å²) in [7, 11) is 1.63. The summed E-state index contributed by atoms with van der Waals surface area (Å²) in [5, 5.41) is 11.5. The number of nitrogens with zero attached hydrogens (tertiary/aromatic N) is 4. The molecular weight excluding hydrogens is 378 g/mol. The first-order valence-electron chi connectivity index (χ1n) is 10.4. The third kappa shape index (κ3) is 4.06. The van der Waals surface area contributed by atoms with Crippen LogP contribution < -0.4 is 5.32 Å². The minimum Gasteiger partial charge on any atom is -0.332 e. The molecule has 2 aromatic carbocycles. The maximum atomic E-state index is 12.9. The van der Waals surface area contributed by atoms with Crippen LogP contribution in [-0.2, 0) is 4.79 Å². The molecule has 156 valence electrons. The van der Waals surface area contributed by atoms with E-state index in [0.29, 0.717) is 17.1 Å². The first-order chi connectivity index (χ1) is 14.4. The molecule has 0 unspecified atom stereocenters. The van der Waals surface area contributed by atoms with Crippen LogP contribution in [0, 0.1) is 13.8 Å². The van der Waals surface area contributed by atoms with Crippen LogP contribution in [0.25, 0.3) is 11.0 Å². The van der Waals surface area contributed by atoms with Crippen molar-refractivity contribution in [3.8, 4) is 0 Å². The van der Waals surface area contributed by atoms with E-state index < -0.39 is 0 Å². The quantitative estimate of drug-likeness (QED) is 0.699. The second-order valence-electron chi connectivity index (χ2n) is 8.20. The molecule has 0 bridgehead atoms. The normalized spacial score (nSPS) is 14.2. The van der Waals surface area contributed by atoms with Crippen molar-refractivity contribution >= 4 is 28.5 Å². The molecule has 4 rings (SSSR count). The van der Waals surface area contributed by atoms with Gasteiger partial charge in [0.25, 0.3) is 5.91 Å². The summed E-state index contributed by atoms with van der Waals surface area (Å²) in [5.41, 5.74) is 4.99. The molecule has 1 saturated carbocycles. The molecule has 0 radical (unpaired) electrons. The van der Waals surface area contributed by atoms with Crippen LogP contribution in [0.2, 0.25) is 0 Å². The molecule has 7 nitrogen and oxygen atoms in total. The summed E-state index contributed by atoms with van der Waals surface area (Å²) < 4.78 is 1.98. The molecular formula is C23H27N5O2. The van der Waals surface area contributed by atoms with E-state index in [1.807, 2.05) is 42.8 Å². The largest absolute Gasteiger partial charge is 0.332 e. The van der Waals surface area contributed by atoms with E-state index in [1.54, 1.807) is 19.2 Å². The van der Waals surface area contributed by atoms with Crippen molar-refractivity contribution in [3.63, 3.8) is 0 Å². The summed E-state index contributed by atoms with van der Waals surface area (Å²) in [4.78, 5) is 26.7. The molecule has 1 aromatic heterocycles. The van der Waals surface area contributed by atoms with Gasteiger partial charge < -0.3 is 10.2 Å². The van der Waals surface area contributed by atoms with Gasteiger partial charge in [-0.2, -0.15) is 0 Å². The number of aromatic nitrogens is 3. The fraction of sp³-hybridized carbons (Fsp3) is 0.391. The van der Waals surface area contributed by atoms with E-state index in [0.717, 1.165) is 35.2 Å². The number of carbonyl (C=O) groups is 2. The zero-order valence-corrected chi connectivity index (χ0v) is 17.7. The predicted molar refractivity (Wildman–Crippen MR) is 117 cm³/mol. The monoisotopic (exact) mass is 405 g/mol. The lowest BCUT2D eigenvalue weighted by Crippen LogP contribution is -2.35. The van der Waals surface area contributed by atoms with Crippen LogP contribution in [0.3, 0.4) is 0 Å². The highest BCUT2D eigenvalue weighted by molar-refractivity contribution is 6.01. The first kappa shape index (κ1) is 20.1. The van der Waals surface area contributed by atoms with Crippen molar-refractivity contribution in [2.75, 3.05) is 18.9 Å². The Kier molecular flexibility index (Phi) is 5.53. The summed E-state index contributed by atoms with van der Waals surface area (Å²) in [5.74, 6) is -0.448. The number of hydrogen-bond donors (Lipinski definition) is 1. The number of rotatable bonds is 5. The van der Waals surface area contributed by atoms with Crippen molar-refractivity contribution in [3.05, 3.63) is 53.1 Å². The van der Waals surface area contributed by atoms with E-state index in [2.05, 4.69) is 15.6 Å². The first-order valence-corrected chi connectivity index (χ1v) is 10.4. The fourth-order valence-corrected chi connectivity index (χ4v) is 4.06. The van der Waals surface area contributed by atoms with Crippen LogP contribution in [-0.4, -0.2) is 45.3 Å². The second kappa shape index (κ2) is 8.26. The van der Waals surface area contributed by atoms with Gasteiger partial charge in [-0.3, -0.25) is 9.59 Å². The molecule has 7 heteroatoms. The SMILES string of the molecule is Cc1ccc(C)c(NC(=O)CN(C)C(=O)c2ccc3c(c2)nnn3C2CCCC2)c1. The number of nitrogens with one attached hydrogen (secondary N) is 1. The van der Waals surface area contributed by atoms with Crippen molar-refractivity contribution in [1.29, 1.82) is 0 Å². The van der Waals surface area contributed by atoms with Gasteiger partial charge in [-0.1, -0.05) is 30.2 Å². The van der Waals surface area contributed by atoms with Crippen LogP contribution in [0.4, 0.5) is 5.69 Å². The van der Waals surface area contributed by atoms with Gasteiger partial charge in [0.15, 0.2) is 0 Å². The molecule has 1 fully saturated rings. The lowest BCUT2D eigenvalue weighted by atomic mass is 10.1. The van der Waals surface area contributed by atoms with Gasteiger partial charge in [-0.05, 0) is 62.1 Å². The number of hydrogen-bond acceptors (Lipinski definition) is 4. The van der Waals surface area contributed by atoms with Gasteiger partial charge in [0.1, 0.15) is 5.52 Å². The van der Waals surface area contributed by atoms with Crippen molar-refractivity contribution < 1.29 is 9.59 Å². The highest BCUT2D eigenvalue weighted by Crippen LogP contribution is 2.31. The van der Waals surface area contributed by atoms with Crippen LogP contribution in [0.1, 0.15) is 53.2 Å². The third-order valence-corrected chi connectivity index (χ3v) is 5.78. The number of fused-ring (bicyclic) bond motifs is 1. The van der Waals surface area contributed by atoms with Crippen LogP contribution >= 0.6 is 0 Å². The lowest BCUT2D eigenvalue weighted by molar-refractivity contribution is -0.116. The Balaban J connectivity index is 1.44. The molecule has 0 aliphatic heterocycles. The Morgan fingerprint density at radius 1 is 1.13 bits per heavy atom. The summed E-state index contributed by atoms with van der Waals surface area (Å²) in [6, 6.07) is 11.7. The summed E-state index contributed by atoms with van der Waals surface area (Å²) >= 11 is 0. The molecule has 1 aliphatic carbocycles. The van der Waals surface area contributed by atoms with Gasteiger partial charge in [0.05, 0.1) is 18.1 Å². The minimum absolute atomic E-state index is 0.0288. The number of benzene rings is 2. The standard InChI is InChI=1S/C23H27N5O2/c1-15-8-9-16(2)19(12-15)24-22(29)14-27(3)23(30)17-10-11-21-20(13-17)25-26-28(21)18-6-4-5-7-18/h8-13,18H,4-7,14H2,1-3H3,(H,24,29). The molecule has 1 aliphatic rings. The Labute approximate surface area is 176 Å². The molecule has 0 spiro atoms. The Bertz CT molecular complexity index is 1100. The van der Waals surface area contributed by atoms with Gasteiger partial charge in [0, 0.05) is 18.3 Å². The molecule has 0 saturated heterocycles. The Hall–Kier alpha value is -3.22. The molecule has 2 amide bonds. The molecule has 1 heterocycles. The number of likely N-dealkylation sites (N-methyl/N-ethyl adjacent to an activating group) is 1. The summed E-state index contributed by atoms with van der Waals surface area (Å²) in [6.45, 7) is 3.89. The van der Waals surface area contributed by atoms with E-state index in [4.69, 9.17) is 0 Å².